The van der Waals surface area contributed by atoms with Crippen LogP contribution in [-0.4, -0.2) is 10.7 Å². The molecule has 1 fully saturated rings. The van der Waals surface area contributed by atoms with E-state index < -0.39 is 0 Å². The summed E-state index contributed by atoms with van der Waals surface area (Å²) in [5.41, 5.74) is 9.68. The first-order valence-corrected chi connectivity index (χ1v) is 14.5. The number of anilines is 1. The molecule has 0 spiro atoms. The fourth-order valence-corrected chi connectivity index (χ4v) is 6.68. The molecule has 7 rings (SSSR count). The summed E-state index contributed by atoms with van der Waals surface area (Å²) in [5, 5.41) is 10.6. The number of hydrazone groups is 1. The van der Waals surface area contributed by atoms with Crippen LogP contribution in [-0.2, 0) is 0 Å². The lowest BCUT2D eigenvalue weighted by molar-refractivity contribution is 0.487. The van der Waals surface area contributed by atoms with Crippen molar-refractivity contribution in [3.05, 3.63) is 137 Å². The molecule has 0 unspecified atom stereocenters. The number of allylic oxidation sites excluding steroid dienone is 1. The highest BCUT2D eigenvalue weighted by molar-refractivity contribution is 7.14. The van der Waals surface area contributed by atoms with Crippen molar-refractivity contribution >= 4 is 28.3 Å². The molecule has 0 saturated heterocycles. The average molecular weight is 524 g/mol. The Kier molecular flexibility index (Phi) is 6.39. The number of aromatic nitrogens is 1. The minimum atomic E-state index is 0.153. The average Bonchev–Trinajstić information content (AvgIpc) is 3.65. The second-order valence-corrected chi connectivity index (χ2v) is 11.1. The Morgan fingerprint density at radius 1 is 0.718 bits per heavy atom. The van der Waals surface area contributed by atoms with Gasteiger partial charge in [0.2, 0.25) is 5.13 Å². The first-order valence-electron chi connectivity index (χ1n) is 13.6. The maximum absolute atomic E-state index is 5.31. The second kappa shape index (κ2) is 10.5. The van der Waals surface area contributed by atoms with Crippen molar-refractivity contribution < 1.29 is 0 Å². The predicted octanol–water partition coefficient (Wildman–Crippen LogP) is 9.28. The highest BCUT2D eigenvalue weighted by Crippen LogP contribution is 2.47. The Morgan fingerprint density at radius 3 is 2.10 bits per heavy atom. The molecular formula is C35H29N3S. The van der Waals surface area contributed by atoms with Gasteiger partial charge < -0.3 is 0 Å². The van der Waals surface area contributed by atoms with Gasteiger partial charge in [0.1, 0.15) is 0 Å². The smallest absolute Gasteiger partial charge is 0.207 e. The molecule has 4 heteroatoms. The molecule has 0 N–H and O–H groups in total. The van der Waals surface area contributed by atoms with Gasteiger partial charge in [-0.2, -0.15) is 5.10 Å². The first kappa shape index (κ1) is 23.8. The molecule has 0 radical (unpaired) electrons. The summed E-state index contributed by atoms with van der Waals surface area (Å²) in [5.74, 6) is 0.355. The van der Waals surface area contributed by atoms with Crippen LogP contribution in [0.1, 0.15) is 36.4 Å². The molecule has 2 heterocycles. The standard InChI is InChI=1S/C35H29N3S/c1-4-11-25(12-5-1)23-30-17-10-18-31-33(30)37-38(34(31)29-15-8-3-9-16-29)35-36-32(24-39-35)28-21-19-27(20-22-28)26-13-6-2-7-14-26/h1-9,11-16,19-24,31,34H,10,17-18H2/b30-23+/t31-,34+/m1/s1. The maximum atomic E-state index is 5.31. The lowest BCUT2D eigenvalue weighted by Crippen LogP contribution is -2.28. The summed E-state index contributed by atoms with van der Waals surface area (Å²) in [6.45, 7) is 0. The summed E-state index contributed by atoms with van der Waals surface area (Å²) in [6.07, 6.45) is 5.71. The van der Waals surface area contributed by atoms with Gasteiger partial charge in [-0.1, -0.05) is 115 Å². The van der Waals surface area contributed by atoms with Crippen LogP contribution in [0, 0.1) is 5.92 Å². The van der Waals surface area contributed by atoms with Crippen LogP contribution in [0.4, 0.5) is 5.13 Å². The minimum Gasteiger partial charge on any atom is -0.231 e. The molecule has 0 amide bonds. The predicted molar refractivity (Wildman–Crippen MR) is 164 cm³/mol. The van der Waals surface area contributed by atoms with E-state index >= 15 is 0 Å². The summed E-state index contributed by atoms with van der Waals surface area (Å²) in [6, 6.07) is 40.8. The summed E-state index contributed by atoms with van der Waals surface area (Å²) < 4.78 is 0. The van der Waals surface area contributed by atoms with Crippen molar-refractivity contribution in [2.24, 2.45) is 11.0 Å². The van der Waals surface area contributed by atoms with Gasteiger partial charge in [0.25, 0.3) is 0 Å². The second-order valence-electron chi connectivity index (χ2n) is 10.2. The molecule has 1 aliphatic carbocycles. The highest BCUT2D eigenvalue weighted by atomic mass is 32.1. The van der Waals surface area contributed by atoms with Crippen LogP contribution in [0.25, 0.3) is 28.5 Å². The Hall–Kier alpha value is -4.28. The molecule has 190 valence electrons. The Bertz CT molecular complexity index is 1620. The van der Waals surface area contributed by atoms with Crippen LogP contribution < -0.4 is 5.01 Å². The summed E-state index contributed by atoms with van der Waals surface area (Å²) >= 11 is 1.68. The number of thiazole rings is 1. The Balaban J connectivity index is 1.24. The molecule has 4 aromatic carbocycles. The highest BCUT2D eigenvalue weighted by Gasteiger charge is 2.42. The molecule has 39 heavy (non-hydrogen) atoms. The van der Waals surface area contributed by atoms with Gasteiger partial charge in [-0.3, -0.25) is 0 Å². The van der Waals surface area contributed by atoms with Gasteiger partial charge in [0.05, 0.1) is 17.4 Å². The van der Waals surface area contributed by atoms with Crippen LogP contribution in [0.2, 0.25) is 0 Å². The number of rotatable bonds is 5. The third kappa shape index (κ3) is 4.73. The van der Waals surface area contributed by atoms with Crippen molar-refractivity contribution in [3.8, 4) is 22.4 Å². The number of benzene rings is 4. The molecule has 1 saturated carbocycles. The van der Waals surface area contributed by atoms with Gasteiger partial charge in [0, 0.05) is 16.9 Å². The van der Waals surface area contributed by atoms with E-state index in [0.717, 1.165) is 29.2 Å². The van der Waals surface area contributed by atoms with E-state index in [4.69, 9.17) is 10.1 Å². The molecule has 1 aromatic heterocycles. The molecular weight excluding hydrogens is 494 g/mol. The van der Waals surface area contributed by atoms with Gasteiger partial charge in [-0.15, -0.1) is 11.3 Å². The van der Waals surface area contributed by atoms with Crippen LogP contribution in [0.3, 0.4) is 0 Å². The fraction of sp³-hybridized carbons (Fsp3) is 0.143. The van der Waals surface area contributed by atoms with E-state index in [1.165, 1.54) is 40.0 Å². The maximum Gasteiger partial charge on any atom is 0.207 e. The van der Waals surface area contributed by atoms with E-state index in [0.29, 0.717) is 5.92 Å². The number of nitrogens with zero attached hydrogens (tertiary/aromatic N) is 3. The zero-order chi connectivity index (χ0) is 26.0. The first-order chi connectivity index (χ1) is 19.3. The summed E-state index contributed by atoms with van der Waals surface area (Å²) in [7, 11) is 0. The summed E-state index contributed by atoms with van der Waals surface area (Å²) in [4.78, 5) is 5.13. The molecule has 3 nitrogen and oxygen atoms in total. The molecule has 5 aromatic rings. The quantitative estimate of drug-likeness (QED) is 0.230. The largest absolute Gasteiger partial charge is 0.231 e. The minimum absolute atomic E-state index is 0.153. The van der Waals surface area contributed by atoms with Crippen molar-refractivity contribution in [1.29, 1.82) is 0 Å². The number of hydrogen-bond donors (Lipinski definition) is 0. The van der Waals surface area contributed by atoms with E-state index in [1.54, 1.807) is 11.3 Å². The zero-order valence-corrected chi connectivity index (χ0v) is 22.5. The van der Waals surface area contributed by atoms with E-state index in [9.17, 15) is 0 Å². The van der Waals surface area contributed by atoms with Crippen LogP contribution in [0.5, 0.6) is 0 Å². The number of hydrogen-bond acceptors (Lipinski definition) is 4. The van der Waals surface area contributed by atoms with Crippen molar-refractivity contribution in [1.82, 2.24) is 4.98 Å². The van der Waals surface area contributed by atoms with Gasteiger partial charge in [0.15, 0.2) is 0 Å². The number of fused-ring (bicyclic) bond motifs is 1. The van der Waals surface area contributed by atoms with Crippen molar-refractivity contribution in [3.63, 3.8) is 0 Å². The lowest BCUT2D eigenvalue weighted by atomic mass is 9.77. The van der Waals surface area contributed by atoms with E-state index in [1.807, 2.05) is 0 Å². The zero-order valence-electron chi connectivity index (χ0n) is 21.7. The van der Waals surface area contributed by atoms with Gasteiger partial charge >= 0.3 is 0 Å². The van der Waals surface area contributed by atoms with Gasteiger partial charge in [-0.05, 0) is 53.2 Å². The Morgan fingerprint density at radius 2 is 1.36 bits per heavy atom. The van der Waals surface area contributed by atoms with Gasteiger partial charge in [-0.25, -0.2) is 9.99 Å². The topological polar surface area (TPSA) is 28.5 Å². The lowest BCUT2D eigenvalue weighted by Gasteiger charge is -2.29. The Labute approximate surface area is 233 Å². The van der Waals surface area contributed by atoms with Crippen LogP contribution in [0.15, 0.2) is 131 Å². The molecule has 2 atom stereocenters. The SMILES string of the molecule is C(=C1/CCC[C@@H]2C1=NN(c1nc(-c3ccc(-c4ccccc4)cc3)cs1)[C@H]2c1ccccc1)/c1ccccc1. The van der Waals surface area contributed by atoms with Crippen molar-refractivity contribution in [2.75, 3.05) is 5.01 Å². The molecule has 0 bridgehead atoms. The van der Waals surface area contributed by atoms with Crippen molar-refractivity contribution in [2.45, 2.75) is 25.3 Å². The third-order valence-electron chi connectivity index (χ3n) is 7.76. The van der Waals surface area contributed by atoms with Crippen LogP contribution >= 0.6 is 11.3 Å². The molecule has 2 aliphatic rings. The van der Waals surface area contributed by atoms with E-state index in [2.05, 4.69) is 132 Å². The molecule has 1 aliphatic heterocycles. The van der Waals surface area contributed by atoms with E-state index in [-0.39, 0.29) is 6.04 Å². The third-order valence-corrected chi connectivity index (χ3v) is 8.59. The fourth-order valence-electron chi connectivity index (χ4n) is 5.86. The normalized spacial score (nSPS) is 19.6. The monoisotopic (exact) mass is 523 g/mol.